The number of anilines is 2. The zero-order valence-electron chi connectivity index (χ0n) is 15.2. The van der Waals surface area contributed by atoms with Gasteiger partial charge < -0.3 is 5.32 Å². The van der Waals surface area contributed by atoms with E-state index in [4.69, 9.17) is 11.6 Å². The summed E-state index contributed by atoms with van der Waals surface area (Å²) in [5, 5.41) is 12.1. The molecule has 0 aliphatic carbocycles. The molecule has 10 heteroatoms. The predicted octanol–water partition coefficient (Wildman–Crippen LogP) is 2.72. The number of hydrogen-bond donors (Lipinski definition) is 1. The minimum atomic E-state index is -1.03. The lowest BCUT2D eigenvalue weighted by Gasteiger charge is -2.20. The highest BCUT2D eigenvalue weighted by atomic mass is 35.5. The normalized spacial score (nSPS) is 20.4. The van der Waals surface area contributed by atoms with Gasteiger partial charge in [-0.1, -0.05) is 22.9 Å². The van der Waals surface area contributed by atoms with Crippen molar-refractivity contribution in [2.24, 2.45) is 10.3 Å². The SMILES string of the molecule is Cc1ccc(Cl)cc1NC(=O)CN1N=N[C@H]2C(=O)N(c3ccc(F)cc3)C(=O)[C@H]21. The number of rotatable bonds is 4. The van der Waals surface area contributed by atoms with Gasteiger partial charge >= 0.3 is 0 Å². The van der Waals surface area contributed by atoms with Crippen molar-refractivity contribution in [1.29, 1.82) is 0 Å². The second-order valence-corrected chi connectivity index (χ2v) is 7.12. The largest absolute Gasteiger partial charge is 0.324 e. The number of benzene rings is 2. The first kappa shape index (κ1) is 19.0. The number of imide groups is 1. The minimum absolute atomic E-state index is 0.241. The Morgan fingerprint density at radius 2 is 1.90 bits per heavy atom. The van der Waals surface area contributed by atoms with Gasteiger partial charge in [0.15, 0.2) is 12.1 Å². The Kier molecular flexibility index (Phi) is 4.75. The summed E-state index contributed by atoms with van der Waals surface area (Å²) in [6.45, 7) is 1.55. The van der Waals surface area contributed by atoms with Crippen LogP contribution in [0.5, 0.6) is 0 Å². The van der Waals surface area contributed by atoms with E-state index >= 15 is 0 Å². The zero-order chi connectivity index (χ0) is 20.7. The maximum Gasteiger partial charge on any atom is 0.263 e. The standard InChI is InChI=1S/C19H15ClFN5O3/c1-10-2-3-11(20)8-14(10)22-15(27)9-25-17-16(23-24-25)18(28)26(19(17)29)13-6-4-12(21)5-7-13/h2-8,16-17H,9H2,1H3,(H,22,27)/t16-,17+/m1/s1. The van der Waals surface area contributed by atoms with Crippen molar-refractivity contribution in [2.75, 3.05) is 16.8 Å². The molecule has 1 N–H and O–H groups in total. The Balaban J connectivity index is 1.49. The van der Waals surface area contributed by atoms with E-state index in [1.165, 1.54) is 17.1 Å². The lowest BCUT2D eigenvalue weighted by atomic mass is 10.1. The van der Waals surface area contributed by atoms with Crippen molar-refractivity contribution in [3.63, 3.8) is 0 Å². The van der Waals surface area contributed by atoms with Crippen LogP contribution < -0.4 is 10.2 Å². The smallest absolute Gasteiger partial charge is 0.263 e. The minimum Gasteiger partial charge on any atom is -0.324 e. The summed E-state index contributed by atoms with van der Waals surface area (Å²) < 4.78 is 13.2. The summed E-state index contributed by atoms with van der Waals surface area (Å²) >= 11 is 5.96. The molecule has 8 nitrogen and oxygen atoms in total. The maximum atomic E-state index is 13.2. The molecule has 2 atom stereocenters. The fraction of sp³-hybridized carbons (Fsp3) is 0.211. The van der Waals surface area contributed by atoms with Crippen LogP contribution in [0.25, 0.3) is 0 Å². The summed E-state index contributed by atoms with van der Waals surface area (Å²) in [5.74, 6) is -2.05. The predicted molar refractivity (Wildman–Crippen MR) is 103 cm³/mol. The number of hydrogen-bond acceptors (Lipinski definition) is 6. The Morgan fingerprint density at radius 1 is 1.17 bits per heavy atom. The lowest BCUT2D eigenvalue weighted by Crippen LogP contribution is -2.43. The van der Waals surface area contributed by atoms with E-state index in [2.05, 4.69) is 15.7 Å². The summed E-state index contributed by atoms with van der Waals surface area (Å²) in [6.07, 6.45) is 0. The molecule has 0 aromatic heterocycles. The van der Waals surface area contributed by atoms with Crippen molar-refractivity contribution < 1.29 is 18.8 Å². The Labute approximate surface area is 169 Å². The molecule has 2 aliphatic rings. The third kappa shape index (κ3) is 3.44. The number of nitrogens with zero attached hydrogens (tertiary/aromatic N) is 4. The molecule has 0 unspecified atom stereocenters. The van der Waals surface area contributed by atoms with Gasteiger partial charge in [-0.3, -0.25) is 19.4 Å². The average Bonchev–Trinajstić information content (AvgIpc) is 3.19. The highest BCUT2D eigenvalue weighted by Gasteiger charge is 2.55. The molecule has 2 aromatic rings. The van der Waals surface area contributed by atoms with Gasteiger partial charge in [-0.25, -0.2) is 9.29 Å². The van der Waals surface area contributed by atoms with Crippen LogP contribution in [0.4, 0.5) is 15.8 Å². The lowest BCUT2D eigenvalue weighted by molar-refractivity contribution is -0.123. The molecule has 3 amide bonds. The van der Waals surface area contributed by atoms with Gasteiger partial charge in [0, 0.05) is 10.7 Å². The molecule has 148 valence electrons. The molecule has 2 aromatic carbocycles. The molecule has 1 fully saturated rings. The molecule has 4 rings (SSSR count). The van der Waals surface area contributed by atoms with Gasteiger partial charge in [-0.2, -0.15) is 5.11 Å². The van der Waals surface area contributed by atoms with Crippen molar-refractivity contribution in [3.05, 3.63) is 58.9 Å². The molecule has 2 heterocycles. The van der Waals surface area contributed by atoms with Gasteiger partial charge in [0.1, 0.15) is 12.4 Å². The Bertz CT molecular complexity index is 1040. The third-order valence-corrected chi connectivity index (χ3v) is 4.96. The molecule has 0 radical (unpaired) electrons. The number of nitrogens with one attached hydrogen (secondary N) is 1. The van der Waals surface area contributed by atoms with Crippen LogP contribution in [0.1, 0.15) is 5.56 Å². The molecule has 29 heavy (non-hydrogen) atoms. The van der Waals surface area contributed by atoms with Crippen LogP contribution >= 0.6 is 11.6 Å². The van der Waals surface area contributed by atoms with Crippen LogP contribution in [-0.2, 0) is 14.4 Å². The van der Waals surface area contributed by atoms with Crippen LogP contribution in [0.2, 0.25) is 5.02 Å². The van der Waals surface area contributed by atoms with E-state index in [0.29, 0.717) is 10.7 Å². The molecule has 2 aliphatic heterocycles. The summed E-state index contributed by atoms with van der Waals surface area (Å²) in [7, 11) is 0. The first-order valence-corrected chi connectivity index (χ1v) is 9.10. The Hall–Kier alpha value is -3.33. The first-order chi connectivity index (χ1) is 13.8. The van der Waals surface area contributed by atoms with Crippen molar-refractivity contribution >= 4 is 40.7 Å². The maximum absolute atomic E-state index is 13.2. The molecule has 1 saturated heterocycles. The number of carbonyl (C=O) groups excluding carboxylic acids is 3. The van der Waals surface area contributed by atoms with Crippen molar-refractivity contribution in [3.8, 4) is 0 Å². The molecule has 0 spiro atoms. The monoisotopic (exact) mass is 415 g/mol. The Morgan fingerprint density at radius 3 is 2.62 bits per heavy atom. The van der Waals surface area contributed by atoms with E-state index in [9.17, 15) is 18.8 Å². The number of amides is 3. The first-order valence-electron chi connectivity index (χ1n) is 8.72. The van der Waals surface area contributed by atoms with E-state index in [1.54, 1.807) is 18.2 Å². The highest BCUT2D eigenvalue weighted by molar-refractivity contribution is 6.31. The van der Waals surface area contributed by atoms with E-state index in [1.807, 2.05) is 6.92 Å². The van der Waals surface area contributed by atoms with Crippen molar-refractivity contribution in [2.45, 2.75) is 19.0 Å². The van der Waals surface area contributed by atoms with Crippen LogP contribution in [-0.4, -0.2) is 41.4 Å². The number of carbonyl (C=O) groups is 3. The summed E-state index contributed by atoms with van der Waals surface area (Å²) in [5.41, 5.74) is 1.60. The van der Waals surface area contributed by atoms with Gasteiger partial charge in [0.25, 0.3) is 11.8 Å². The van der Waals surface area contributed by atoms with E-state index in [-0.39, 0.29) is 12.2 Å². The molecule has 0 saturated carbocycles. The number of aryl methyl sites for hydroxylation is 1. The van der Waals surface area contributed by atoms with Gasteiger partial charge in [-0.05, 0) is 48.9 Å². The van der Waals surface area contributed by atoms with Crippen LogP contribution in [0.3, 0.4) is 0 Å². The van der Waals surface area contributed by atoms with Crippen molar-refractivity contribution in [1.82, 2.24) is 5.01 Å². The number of halogens is 2. The topological polar surface area (TPSA) is 94.4 Å². The fourth-order valence-electron chi connectivity index (χ4n) is 3.26. The molecular formula is C19H15ClFN5O3. The average molecular weight is 416 g/mol. The molecule has 0 bridgehead atoms. The van der Waals surface area contributed by atoms with E-state index < -0.39 is 35.6 Å². The summed E-state index contributed by atoms with van der Waals surface area (Å²) in [4.78, 5) is 38.8. The van der Waals surface area contributed by atoms with Crippen LogP contribution in [0, 0.1) is 12.7 Å². The third-order valence-electron chi connectivity index (χ3n) is 4.72. The van der Waals surface area contributed by atoms with Gasteiger partial charge in [0.2, 0.25) is 5.91 Å². The van der Waals surface area contributed by atoms with Crippen LogP contribution in [0.15, 0.2) is 52.8 Å². The number of fused-ring (bicyclic) bond motifs is 1. The zero-order valence-corrected chi connectivity index (χ0v) is 15.9. The second-order valence-electron chi connectivity index (χ2n) is 6.69. The fourth-order valence-corrected chi connectivity index (χ4v) is 3.44. The summed E-state index contributed by atoms with van der Waals surface area (Å²) in [6, 6.07) is 8.02. The quantitative estimate of drug-likeness (QED) is 0.777. The highest BCUT2D eigenvalue weighted by Crippen LogP contribution is 2.32. The second kappa shape index (κ2) is 7.25. The van der Waals surface area contributed by atoms with E-state index in [0.717, 1.165) is 22.6 Å². The van der Waals surface area contributed by atoms with Gasteiger partial charge in [0.05, 0.1) is 5.69 Å². The van der Waals surface area contributed by atoms with Gasteiger partial charge in [-0.15, -0.1) is 0 Å². The molecular weight excluding hydrogens is 401 g/mol.